The van der Waals surface area contributed by atoms with Crippen molar-refractivity contribution < 1.29 is 4.79 Å². The monoisotopic (exact) mass is 328 g/mol. The normalized spacial score (nSPS) is 12.5. The third-order valence-electron chi connectivity index (χ3n) is 1.58. The van der Waals surface area contributed by atoms with Gasteiger partial charge in [-0.25, -0.2) is 0 Å². The predicted octanol–water partition coefficient (Wildman–Crippen LogP) is 3.29. The number of halogens is 3. The zero-order valence-corrected chi connectivity index (χ0v) is 10.3. The van der Waals surface area contributed by atoms with Crippen LogP contribution in [0.3, 0.4) is 0 Å². The summed E-state index contributed by atoms with van der Waals surface area (Å²) in [4.78, 5) is 10.3. The molecule has 0 aliphatic heterocycles. The molecule has 0 aromatic heterocycles. The Balaban J connectivity index is 2.83. The number of rotatable bonds is 3. The van der Waals surface area contributed by atoms with Gasteiger partial charge >= 0.3 is 0 Å². The molecule has 0 amide bonds. The van der Waals surface area contributed by atoms with Crippen molar-refractivity contribution in [3.05, 3.63) is 32.4 Å². The van der Waals surface area contributed by atoms with E-state index in [4.69, 9.17) is 23.2 Å². The topological polar surface area (TPSA) is 17.1 Å². The lowest BCUT2D eigenvalue weighted by molar-refractivity contribution is -0.107. The summed E-state index contributed by atoms with van der Waals surface area (Å²) in [5.74, 6) is 0. The lowest BCUT2D eigenvalue weighted by atomic mass is 10.1. The molecule has 0 saturated carbocycles. The molecule has 0 bridgehead atoms. The minimum Gasteiger partial charge on any atom is -0.302 e. The fraction of sp³-hybridized carbons (Fsp3) is 0.222. The van der Waals surface area contributed by atoms with E-state index in [0.717, 1.165) is 15.4 Å². The van der Waals surface area contributed by atoms with Crippen LogP contribution in [-0.4, -0.2) is 11.7 Å². The van der Waals surface area contributed by atoms with Crippen LogP contribution in [-0.2, 0) is 11.2 Å². The maximum absolute atomic E-state index is 10.3. The summed E-state index contributed by atoms with van der Waals surface area (Å²) >= 11 is 13.8. The van der Waals surface area contributed by atoms with Crippen molar-refractivity contribution in [1.82, 2.24) is 0 Å². The molecule has 0 fully saturated rings. The molecule has 1 aromatic carbocycles. The van der Waals surface area contributed by atoms with Crippen LogP contribution in [0.15, 0.2) is 18.2 Å². The highest BCUT2D eigenvalue weighted by molar-refractivity contribution is 14.1. The van der Waals surface area contributed by atoms with Gasteiger partial charge in [0.05, 0.1) is 5.38 Å². The van der Waals surface area contributed by atoms with Gasteiger partial charge < -0.3 is 4.79 Å². The van der Waals surface area contributed by atoms with E-state index >= 15 is 0 Å². The smallest absolute Gasteiger partial charge is 0.138 e. The number of carbonyl (C=O) groups excluding carboxylic acids is 1. The second kappa shape index (κ2) is 5.17. The lowest BCUT2D eigenvalue weighted by Crippen LogP contribution is -2.04. The second-order valence-electron chi connectivity index (χ2n) is 2.59. The van der Waals surface area contributed by atoms with Crippen LogP contribution < -0.4 is 0 Å². The Kier molecular flexibility index (Phi) is 4.49. The first-order chi connectivity index (χ1) is 6.13. The molecule has 0 N–H and O–H groups in total. The lowest BCUT2D eigenvalue weighted by Gasteiger charge is -2.04. The molecule has 70 valence electrons. The minimum atomic E-state index is -0.488. The number of alkyl halides is 1. The van der Waals surface area contributed by atoms with Crippen molar-refractivity contribution in [3.63, 3.8) is 0 Å². The van der Waals surface area contributed by atoms with Crippen molar-refractivity contribution in [2.75, 3.05) is 0 Å². The molecule has 0 heterocycles. The molecule has 1 aromatic rings. The van der Waals surface area contributed by atoms with Gasteiger partial charge in [-0.2, -0.15) is 0 Å². The molecule has 1 rings (SSSR count). The number of hydrogen-bond donors (Lipinski definition) is 0. The fourth-order valence-corrected chi connectivity index (χ4v) is 2.04. The van der Waals surface area contributed by atoms with Gasteiger partial charge in [-0.05, 0) is 46.7 Å². The molecule has 0 aliphatic carbocycles. The van der Waals surface area contributed by atoms with Gasteiger partial charge in [-0.3, -0.25) is 0 Å². The summed E-state index contributed by atoms with van der Waals surface area (Å²) in [6.07, 6.45) is 1.21. The summed E-state index contributed by atoms with van der Waals surface area (Å²) in [5.41, 5.74) is 0.911. The van der Waals surface area contributed by atoms with E-state index < -0.39 is 5.38 Å². The molecule has 1 unspecified atom stereocenters. The molecule has 0 spiro atoms. The van der Waals surface area contributed by atoms with Crippen LogP contribution in [0.5, 0.6) is 0 Å². The summed E-state index contributed by atoms with van der Waals surface area (Å²) in [6.45, 7) is 0. The van der Waals surface area contributed by atoms with E-state index in [1.54, 1.807) is 0 Å². The van der Waals surface area contributed by atoms with Gasteiger partial charge in [0.2, 0.25) is 0 Å². The van der Waals surface area contributed by atoms with Crippen LogP contribution in [0.25, 0.3) is 0 Å². The molecule has 0 radical (unpaired) electrons. The number of hydrogen-bond acceptors (Lipinski definition) is 1. The van der Waals surface area contributed by atoms with Crippen molar-refractivity contribution in [2.45, 2.75) is 11.8 Å². The van der Waals surface area contributed by atoms with Crippen molar-refractivity contribution in [1.29, 1.82) is 0 Å². The molecular weight excluding hydrogens is 322 g/mol. The zero-order valence-electron chi connectivity index (χ0n) is 6.64. The molecule has 0 aliphatic rings. The molecule has 1 nitrogen and oxygen atoms in total. The third-order valence-corrected chi connectivity index (χ3v) is 2.86. The highest BCUT2D eigenvalue weighted by atomic mass is 127. The maximum atomic E-state index is 10.3. The molecule has 1 atom stereocenters. The Bertz CT molecular complexity index is 314. The minimum absolute atomic E-state index is 0.487. The third kappa shape index (κ3) is 3.44. The quantitative estimate of drug-likeness (QED) is 0.473. The standard InChI is InChI=1S/C9H7Cl2IO/c10-7(5-13)3-6-1-2-8(12)4-9(6)11/h1-2,4-5,7H,3H2. The fourth-order valence-electron chi connectivity index (χ4n) is 0.945. The SMILES string of the molecule is O=CC(Cl)Cc1ccc(I)cc1Cl. The largest absolute Gasteiger partial charge is 0.302 e. The maximum Gasteiger partial charge on any atom is 0.138 e. The van der Waals surface area contributed by atoms with Gasteiger partial charge in [0.25, 0.3) is 0 Å². The van der Waals surface area contributed by atoms with E-state index in [9.17, 15) is 4.79 Å². The summed E-state index contributed by atoms with van der Waals surface area (Å²) < 4.78 is 1.07. The summed E-state index contributed by atoms with van der Waals surface area (Å²) in [6, 6.07) is 5.69. The summed E-state index contributed by atoms with van der Waals surface area (Å²) in [5, 5.41) is 0.178. The Morgan fingerprint density at radius 1 is 1.54 bits per heavy atom. The highest BCUT2D eigenvalue weighted by Crippen LogP contribution is 2.21. The second-order valence-corrected chi connectivity index (χ2v) is 4.81. The van der Waals surface area contributed by atoms with Crippen LogP contribution in [0.4, 0.5) is 0 Å². The van der Waals surface area contributed by atoms with Crippen LogP contribution in [0.2, 0.25) is 5.02 Å². The average molecular weight is 329 g/mol. The molecule has 4 heteroatoms. The number of aldehydes is 1. The van der Waals surface area contributed by atoms with E-state index in [2.05, 4.69) is 22.6 Å². The summed E-state index contributed by atoms with van der Waals surface area (Å²) in [7, 11) is 0. The van der Waals surface area contributed by atoms with Crippen molar-refractivity contribution >= 4 is 52.1 Å². The Labute approximate surface area is 101 Å². The van der Waals surface area contributed by atoms with Gasteiger partial charge in [0.1, 0.15) is 6.29 Å². The Morgan fingerprint density at radius 2 is 2.23 bits per heavy atom. The number of carbonyl (C=O) groups is 1. The highest BCUT2D eigenvalue weighted by Gasteiger charge is 2.07. The van der Waals surface area contributed by atoms with Crippen molar-refractivity contribution in [3.8, 4) is 0 Å². The zero-order chi connectivity index (χ0) is 9.84. The van der Waals surface area contributed by atoms with Gasteiger partial charge in [0, 0.05) is 8.59 Å². The molecule has 0 saturated heterocycles. The van der Waals surface area contributed by atoms with Crippen LogP contribution >= 0.6 is 45.8 Å². The molecular formula is C9H7Cl2IO. The first kappa shape index (κ1) is 11.3. The van der Waals surface area contributed by atoms with Gasteiger partial charge in [-0.15, -0.1) is 11.6 Å². The van der Waals surface area contributed by atoms with E-state index in [1.165, 1.54) is 0 Å². The van der Waals surface area contributed by atoms with E-state index in [1.807, 2.05) is 18.2 Å². The van der Waals surface area contributed by atoms with E-state index in [-0.39, 0.29) is 0 Å². The molecule has 13 heavy (non-hydrogen) atoms. The van der Waals surface area contributed by atoms with Crippen LogP contribution in [0.1, 0.15) is 5.56 Å². The first-order valence-electron chi connectivity index (χ1n) is 3.67. The Morgan fingerprint density at radius 3 is 2.77 bits per heavy atom. The number of benzene rings is 1. The van der Waals surface area contributed by atoms with Gasteiger partial charge in [0.15, 0.2) is 0 Å². The van der Waals surface area contributed by atoms with Crippen molar-refractivity contribution in [2.24, 2.45) is 0 Å². The Hall–Kier alpha value is 0.200. The van der Waals surface area contributed by atoms with Gasteiger partial charge in [-0.1, -0.05) is 17.7 Å². The average Bonchev–Trinajstić information content (AvgIpc) is 2.09. The van der Waals surface area contributed by atoms with E-state index in [0.29, 0.717) is 11.4 Å². The first-order valence-corrected chi connectivity index (χ1v) is 5.56. The predicted molar refractivity (Wildman–Crippen MR) is 63.6 cm³/mol. The van der Waals surface area contributed by atoms with Crippen LogP contribution in [0, 0.1) is 3.57 Å².